The van der Waals surface area contributed by atoms with Crippen LogP contribution < -0.4 is 10.1 Å². The molecule has 0 radical (unpaired) electrons. The van der Waals surface area contributed by atoms with Gasteiger partial charge in [-0.25, -0.2) is 0 Å². The van der Waals surface area contributed by atoms with Gasteiger partial charge in [0.1, 0.15) is 5.75 Å². The Morgan fingerprint density at radius 1 is 1.27 bits per heavy atom. The molecule has 0 aliphatic rings. The van der Waals surface area contributed by atoms with Gasteiger partial charge in [0.25, 0.3) is 5.91 Å². The standard InChI is InChI=1S/C17H22N2O2S/c1-4-21-14-9-7-13(8-10-14)17(20)18-12-15(19(2)3)16-6-5-11-22-16/h5-11,15H,4,12H2,1-3H3,(H,18,20)/t15-/m0/s1. The molecule has 0 spiro atoms. The molecule has 2 rings (SSSR count). The fourth-order valence-corrected chi connectivity index (χ4v) is 3.10. The fraction of sp³-hybridized carbons (Fsp3) is 0.353. The molecule has 1 aromatic heterocycles. The summed E-state index contributed by atoms with van der Waals surface area (Å²) >= 11 is 1.70. The van der Waals surface area contributed by atoms with Gasteiger partial charge in [0, 0.05) is 17.0 Å². The Kier molecular flexibility index (Phi) is 5.98. The maximum atomic E-state index is 12.2. The van der Waals surface area contributed by atoms with E-state index in [9.17, 15) is 4.79 Å². The maximum Gasteiger partial charge on any atom is 0.251 e. The van der Waals surface area contributed by atoms with Crippen LogP contribution in [-0.2, 0) is 0 Å². The summed E-state index contributed by atoms with van der Waals surface area (Å²) in [5.74, 6) is 0.718. The van der Waals surface area contributed by atoms with E-state index >= 15 is 0 Å². The summed E-state index contributed by atoms with van der Waals surface area (Å²) in [6.45, 7) is 3.14. The zero-order valence-electron chi connectivity index (χ0n) is 13.2. The average Bonchev–Trinajstić information content (AvgIpc) is 3.02. The highest BCUT2D eigenvalue weighted by atomic mass is 32.1. The first kappa shape index (κ1) is 16.5. The van der Waals surface area contributed by atoms with Crippen LogP contribution in [0.4, 0.5) is 0 Å². The first-order chi connectivity index (χ1) is 10.6. The Bertz CT molecular complexity index is 579. The number of thiophene rings is 1. The smallest absolute Gasteiger partial charge is 0.251 e. The summed E-state index contributed by atoms with van der Waals surface area (Å²) in [6, 6.07) is 11.5. The van der Waals surface area contributed by atoms with Crippen LogP contribution in [0.15, 0.2) is 41.8 Å². The molecule has 1 heterocycles. The molecule has 1 atom stereocenters. The van der Waals surface area contributed by atoms with Crippen LogP contribution in [0.25, 0.3) is 0 Å². The molecule has 0 saturated carbocycles. The lowest BCUT2D eigenvalue weighted by Gasteiger charge is -2.23. The molecule has 0 aliphatic carbocycles. The Labute approximate surface area is 135 Å². The van der Waals surface area contributed by atoms with Crippen molar-refractivity contribution < 1.29 is 9.53 Å². The molecule has 0 bridgehead atoms. The predicted molar refractivity (Wildman–Crippen MR) is 90.7 cm³/mol. The lowest BCUT2D eigenvalue weighted by Crippen LogP contribution is -2.34. The highest BCUT2D eigenvalue weighted by Crippen LogP contribution is 2.22. The van der Waals surface area contributed by atoms with E-state index in [1.54, 1.807) is 23.5 Å². The molecule has 4 nitrogen and oxygen atoms in total. The second kappa shape index (κ2) is 7.96. The van der Waals surface area contributed by atoms with E-state index in [0.717, 1.165) is 5.75 Å². The Balaban J connectivity index is 1.96. The first-order valence-corrected chi connectivity index (χ1v) is 8.20. The molecule has 1 amide bonds. The van der Waals surface area contributed by atoms with Gasteiger partial charge in [0.15, 0.2) is 0 Å². The fourth-order valence-electron chi connectivity index (χ4n) is 2.18. The van der Waals surface area contributed by atoms with Gasteiger partial charge in [-0.3, -0.25) is 4.79 Å². The number of hydrogen-bond donors (Lipinski definition) is 1. The Morgan fingerprint density at radius 3 is 2.55 bits per heavy atom. The van der Waals surface area contributed by atoms with Crippen molar-refractivity contribution in [2.45, 2.75) is 13.0 Å². The maximum absolute atomic E-state index is 12.2. The third kappa shape index (κ3) is 4.32. The lowest BCUT2D eigenvalue weighted by atomic mass is 10.2. The molecule has 1 aromatic carbocycles. The van der Waals surface area contributed by atoms with Crippen LogP contribution in [0.5, 0.6) is 5.75 Å². The van der Waals surface area contributed by atoms with Gasteiger partial charge in [-0.15, -0.1) is 11.3 Å². The van der Waals surface area contributed by atoms with Crippen LogP contribution in [0.3, 0.4) is 0 Å². The molecular formula is C17H22N2O2S. The monoisotopic (exact) mass is 318 g/mol. The van der Waals surface area contributed by atoms with Crippen molar-refractivity contribution in [1.82, 2.24) is 10.2 Å². The van der Waals surface area contributed by atoms with E-state index in [1.807, 2.05) is 39.2 Å². The molecule has 5 heteroatoms. The molecule has 22 heavy (non-hydrogen) atoms. The predicted octanol–water partition coefficient (Wildman–Crippen LogP) is 3.18. The van der Waals surface area contributed by atoms with Gasteiger partial charge in [-0.1, -0.05) is 6.07 Å². The van der Waals surface area contributed by atoms with Crippen LogP contribution in [0.1, 0.15) is 28.2 Å². The van der Waals surface area contributed by atoms with E-state index in [-0.39, 0.29) is 11.9 Å². The van der Waals surface area contributed by atoms with Crippen molar-refractivity contribution in [2.24, 2.45) is 0 Å². The lowest BCUT2D eigenvalue weighted by molar-refractivity contribution is 0.0942. The van der Waals surface area contributed by atoms with Crippen LogP contribution in [-0.4, -0.2) is 38.1 Å². The molecule has 0 saturated heterocycles. The van der Waals surface area contributed by atoms with Crippen molar-refractivity contribution in [3.05, 3.63) is 52.2 Å². The van der Waals surface area contributed by atoms with E-state index in [4.69, 9.17) is 4.74 Å². The number of ether oxygens (including phenoxy) is 1. The van der Waals surface area contributed by atoms with Gasteiger partial charge in [0.05, 0.1) is 12.6 Å². The Morgan fingerprint density at radius 2 is 2.00 bits per heavy atom. The van der Waals surface area contributed by atoms with E-state index in [2.05, 4.69) is 21.7 Å². The van der Waals surface area contributed by atoms with E-state index < -0.39 is 0 Å². The van der Waals surface area contributed by atoms with Crippen LogP contribution in [0, 0.1) is 0 Å². The molecule has 118 valence electrons. The van der Waals surface area contributed by atoms with Gasteiger partial charge >= 0.3 is 0 Å². The molecular weight excluding hydrogens is 296 g/mol. The summed E-state index contributed by atoms with van der Waals surface area (Å²) in [7, 11) is 4.04. The number of benzene rings is 1. The van der Waals surface area contributed by atoms with Crippen LogP contribution >= 0.6 is 11.3 Å². The van der Waals surface area contributed by atoms with Crippen molar-refractivity contribution >= 4 is 17.2 Å². The highest BCUT2D eigenvalue weighted by molar-refractivity contribution is 7.10. The number of nitrogens with one attached hydrogen (secondary N) is 1. The zero-order chi connectivity index (χ0) is 15.9. The second-order valence-corrected chi connectivity index (χ2v) is 6.14. The normalized spacial score (nSPS) is 12.2. The summed E-state index contributed by atoms with van der Waals surface area (Å²) < 4.78 is 5.38. The third-order valence-corrected chi connectivity index (χ3v) is 4.35. The molecule has 2 aromatic rings. The summed E-state index contributed by atoms with van der Waals surface area (Å²) in [6.07, 6.45) is 0. The number of nitrogens with zero attached hydrogens (tertiary/aromatic N) is 1. The van der Waals surface area contributed by atoms with Gasteiger partial charge < -0.3 is 15.0 Å². The number of amides is 1. The summed E-state index contributed by atoms with van der Waals surface area (Å²) in [5.41, 5.74) is 0.645. The highest BCUT2D eigenvalue weighted by Gasteiger charge is 2.16. The quantitative estimate of drug-likeness (QED) is 0.852. The van der Waals surface area contributed by atoms with Gasteiger partial charge in [-0.05, 0) is 56.7 Å². The summed E-state index contributed by atoms with van der Waals surface area (Å²) in [4.78, 5) is 15.6. The molecule has 1 N–H and O–H groups in total. The van der Waals surface area contributed by atoms with E-state index in [0.29, 0.717) is 18.7 Å². The topological polar surface area (TPSA) is 41.6 Å². The molecule has 0 unspecified atom stereocenters. The number of likely N-dealkylation sites (N-methyl/N-ethyl adjacent to an activating group) is 1. The van der Waals surface area contributed by atoms with Crippen molar-refractivity contribution in [3.8, 4) is 5.75 Å². The minimum Gasteiger partial charge on any atom is -0.494 e. The third-order valence-electron chi connectivity index (χ3n) is 3.38. The second-order valence-electron chi connectivity index (χ2n) is 5.16. The van der Waals surface area contributed by atoms with Crippen LogP contribution in [0.2, 0.25) is 0 Å². The SMILES string of the molecule is CCOc1ccc(C(=O)NC[C@@H](c2cccs2)N(C)C)cc1. The number of rotatable bonds is 7. The molecule has 0 fully saturated rings. The van der Waals surface area contributed by atoms with Crippen molar-refractivity contribution in [1.29, 1.82) is 0 Å². The minimum absolute atomic E-state index is 0.0635. The van der Waals surface area contributed by atoms with Crippen molar-refractivity contribution in [2.75, 3.05) is 27.2 Å². The Hall–Kier alpha value is -1.85. The molecule has 0 aliphatic heterocycles. The largest absolute Gasteiger partial charge is 0.494 e. The van der Waals surface area contributed by atoms with Crippen molar-refractivity contribution in [3.63, 3.8) is 0 Å². The summed E-state index contributed by atoms with van der Waals surface area (Å²) in [5, 5.41) is 5.06. The average molecular weight is 318 g/mol. The van der Waals surface area contributed by atoms with Gasteiger partial charge in [0.2, 0.25) is 0 Å². The first-order valence-electron chi connectivity index (χ1n) is 7.32. The number of hydrogen-bond acceptors (Lipinski definition) is 4. The minimum atomic E-state index is -0.0635. The van der Waals surface area contributed by atoms with E-state index in [1.165, 1.54) is 4.88 Å². The van der Waals surface area contributed by atoms with Gasteiger partial charge in [-0.2, -0.15) is 0 Å². The zero-order valence-corrected chi connectivity index (χ0v) is 14.0. The number of carbonyl (C=O) groups is 1. The number of carbonyl (C=O) groups excluding carboxylic acids is 1.